The summed E-state index contributed by atoms with van der Waals surface area (Å²) in [5, 5.41) is 14.6. The number of hydrogen-bond acceptors (Lipinski definition) is 5. The van der Waals surface area contributed by atoms with Crippen LogP contribution >= 0.6 is 0 Å². The van der Waals surface area contributed by atoms with Crippen molar-refractivity contribution in [2.45, 2.75) is 51.0 Å². The number of morpholine rings is 1. The Labute approximate surface area is 153 Å². The van der Waals surface area contributed by atoms with E-state index in [1.165, 1.54) is 5.01 Å². The van der Waals surface area contributed by atoms with Crippen LogP contribution in [-0.4, -0.2) is 71.4 Å². The summed E-state index contributed by atoms with van der Waals surface area (Å²) in [6.45, 7) is 2.02. The van der Waals surface area contributed by atoms with Gasteiger partial charge in [0.15, 0.2) is 0 Å². The van der Waals surface area contributed by atoms with Crippen LogP contribution < -0.4 is 0 Å². The van der Waals surface area contributed by atoms with E-state index in [9.17, 15) is 19.5 Å². The lowest BCUT2D eigenvalue weighted by Gasteiger charge is -2.32. The molecule has 1 saturated carbocycles. The molecule has 0 bridgehead atoms. The molecule has 2 fully saturated rings. The third-order valence-corrected chi connectivity index (χ3v) is 5.53. The second-order valence-corrected chi connectivity index (χ2v) is 7.35. The molecule has 8 nitrogen and oxygen atoms in total. The van der Waals surface area contributed by atoms with Crippen LogP contribution in [0.25, 0.3) is 0 Å². The van der Waals surface area contributed by atoms with Gasteiger partial charge in [-0.2, -0.15) is 5.10 Å². The largest absolute Gasteiger partial charge is 0.481 e. The molecule has 0 spiro atoms. The van der Waals surface area contributed by atoms with E-state index < -0.39 is 17.9 Å². The van der Waals surface area contributed by atoms with Crippen molar-refractivity contribution in [3.63, 3.8) is 0 Å². The molecular weight excluding hydrogens is 338 g/mol. The second-order valence-electron chi connectivity index (χ2n) is 7.35. The lowest BCUT2D eigenvalue weighted by molar-refractivity contribution is -0.151. The van der Waals surface area contributed by atoms with Crippen LogP contribution in [-0.2, 0) is 19.1 Å². The molecule has 2 heterocycles. The third-order valence-electron chi connectivity index (χ3n) is 5.53. The Kier molecular flexibility index (Phi) is 6.24. The van der Waals surface area contributed by atoms with Crippen LogP contribution in [0, 0.1) is 11.8 Å². The topological polar surface area (TPSA) is 99.5 Å². The molecule has 26 heavy (non-hydrogen) atoms. The van der Waals surface area contributed by atoms with E-state index in [2.05, 4.69) is 5.10 Å². The summed E-state index contributed by atoms with van der Waals surface area (Å²) in [5.41, 5.74) is 0. The number of carboxylic acid groups (broad SMARTS) is 1. The minimum Gasteiger partial charge on any atom is -0.481 e. The number of carbonyl (C=O) groups is 3. The Hall–Kier alpha value is -1.96. The number of rotatable bonds is 6. The number of amides is 2. The van der Waals surface area contributed by atoms with Crippen LogP contribution in [0.3, 0.4) is 0 Å². The molecule has 0 aromatic heterocycles. The summed E-state index contributed by atoms with van der Waals surface area (Å²) in [5.74, 6) is -1.68. The molecule has 1 saturated heterocycles. The molecule has 2 amide bonds. The highest BCUT2D eigenvalue weighted by molar-refractivity contribution is 5.93. The van der Waals surface area contributed by atoms with E-state index in [0.29, 0.717) is 45.1 Å². The summed E-state index contributed by atoms with van der Waals surface area (Å²) < 4.78 is 5.27. The highest BCUT2D eigenvalue weighted by Crippen LogP contribution is 2.33. The number of nitrogens with zero attached hydrogens (tertiary/aromatic N) is 3. The first-order valence-electron chi connectivity index (χ1n) is 9.50. The number of hydrazone groups is 1. The molecule has 2 atom stereocenters. The van der Waals surface area contributed by atoms with Crippen molar-refractivity contribution >= 4 is 24.0 Å². The Balaban J connectivity index is 1.68. The zero-order chi connectivity index (χ0) is 18.5. The van der Waals surface area contributed by atoms with Gasteiger partial charge in [-0.05, 0) is 12.3 Å². The van der Waals surface area contributed by atoms with Crippen molar-refractivity contribution in [3.05, 3.63) is 0 Å². The number of ether oxygens (including phenoxy) is 1. The van der Waals surface area contributed by atoms with Gasteiger partial charge >= 0.3 is 5.97 Å². The maximum atomic E-state index is 13.0. The van der Waals surface area contributed by atoms with Crippen molar-refractivity contribution in [1.29, 1.82) is 0 Å². The van der Waals surface area contributed by atoms with E-state index in [1.807, 2.05) is 0 Å². The molecule has 1 aliphatic carbocycles. The van der Waals surface area contributed by atoms with Crippen molar-refractivity contribution in [2.75, 3.05) is 26.3 Å². The first-order chi connectivity index (χ1) is 12.6. The lowest BCUT2D eigenvalue weighted by atomic mass is 9.90. The van der Waals surface area contributed by atoms with E-state index in [-0.39, 0.29) is 18.2 Å². The van der Waals surface area contributed by atoms with Gasteiger partial charge in [-0.3, -0.25) is 14.4 Å². The summed E-state index contributed by atoms with van der Waals surface area (Å²) in [4.78, 5) is 38.8. The summed E-state index contributed by atoms with van der Waals surface area (Å²) in [7, 11) is 0. The molecule has 8 heteroatoms. The Morgan fingerprint density at radius 1 is 1.19 bits per heavy atom. The molecule has 0 radical (unpaired) electrons. The number of hydrogen-bond donors (Lipinski definition) is 1. The minimum atomic E-state index is -0.986. The van der Waals surface area contributed by atoms with Gasteiger partial charge in [0, 0.05) is 25.7 Å². The SMILES string of the molecule is O=C(O)CC(CC1CCCC1)C(=O)N1N=CCC1C(=O)N1CCOCC1. The van der Waals surface area contributed by atoms with Gasteiger partial charge in [0.05, 0.1) is 25.6 Å². The van der Waals surface area contributed by atoms with E-state index >= 15 is 0 Å². The van der Waals surface area contributed by atoms with Crippen LogP contribution in [0.5, 0.6) is 0 Å². The van der Waals surface area contributed by atoms with Gasteiger partial charge < -0.3 is 14.7 Å². The highest BCUT2D eigenvalue weighted by atomic mass is 16.5. The second kappa shape index (κ2) is 8.62. The average Bonchev–Trinajstić information content (AvgIpc) is 3.32. The van der Waals surface area contributed by atoms with Crippen molar-refractivity contribution in [1.82, 2.24) is 9.91 Å². The van der Waals surface area contributed by atoms with E-state index in [4.69, 9.17) is 4.74 Å². The van der Waals surface area contributed by atoms with Crippen LogP contribution in [0.1, 0.15) is 44.9 Å². The first-order valence-corrected chi connectivity index (χ1v) is 9.50. The van der Waals surface area contributed by atoms with Gasteiger partial charge in [-0.15, -0.1) is 0 Å². The predicted molar refractivity (Wildman–Crippen MR) is 93.5 cm³/mol. The molecule has 2 unspecified atom stereocenters. The molecule has 0 aromatic rings. The number of carboxylic acids is 1. The summed E-state index contributed by atoms with van der Waals surface area (Å²) in [6.07, 6.45) is 6.68. The molecule has 3 aliphatic rings. The Bertz CT molecular complexity index is 567. The van der Waals surface area contributed by atoms with Crippen LogP contribution in [0.2, 0.25) is 0 Å². The van der Waals surface area contributed by atoms with Crippen LogP contribution in [0.15, 0.2) is 5.10 Å². The van der Waals surface area contributed by atoms with Gasteiger partial charge in [0.25, 0.3) is 0 Å². The van der Waals surface area contributed by atoms with Crippen LogP contribution in [0.4, 0.5) is 0 Å². The molecule has 0 aromatic carbocycles. The van der Waals surface area contributed by atoms with Crippen molar-refractivity contribution < 1.29 is 24.2 Å². The predicted octanol–water partition coefficient (Wildman–Crippen LogP) is 1.10. The quantitative estimate of drug-likeness (QED) is 0.760. The molecule has 144 valence electrons. The van der Waals surface area contributed by atoms with E-state index in [1.54, 1.807) is 11.1 Å². The maximum absolute atomic E-state index is 13.0. The molecule has 1 N–H and O–H groups in total. The Morgan fingerprint density at radius 3 is 2.54 bits per heavy atom. The fourth-order valence-electron chi connectivity index (χ4n) is 4.14. The van der Waals surface area contributed by atoms with Gasteiger partial charge in [0.1, 0.15) is 6.04 Å². The molecular formula is C18H27N3O5. The third kappa shape index (κ3) is 4.41. The lowest BCUT2D eigenvalue weighted by Crippen LogP contribution is -2.51. The van der Waals surface area contributed by atoms with Crippen molar-refractivity contribution in [3.8, 4) is 0 Å². The average molecular weight is 365 g/mol. The van der Waals surface area contributed by atoms with Gasteiger partial charge in [-0.1, -0.05) is 25.7 Å². The zero-order valence-electron chi connectivity index (χ0n) is 15.0. The monoisotopic (exact) mass is 365 g/mol. The summed E-state index contributed by atoms with van der Waals surface area (Å²) >= 11 is 0. The minimum absolute atomic E-state index is 0.130. The number of aliphatic carboxylic acids is 1. The normalized spacial score (nSPS) is 24.8. The smallest absolute Gasteiger partial charge is 0.304 e. The fourth-order valence-corrected chi connectivity index (χ4v) is 4.14. The standard InChI is InChI=1S/C18H27N3O5/c22-16(23)12-14(11-13-3-1-2-4-13)17(24)21-15(5-6-19-21)18(25)20-7-9-26-10-8-20/h6,13-15H,1-5,7-12H2,(H,22,23). The first kappa shape index (κ1) is 18.8. The molecule has 3 rings (SSSR count). The zero-order valence-corrected chi connectivity index (χ0v) is 15.0. The summed E-state index contributed by atoms with van der Waals surface area (Å²) in [6, 6.07) is -0.652. The van der Waals surface area contributed by atoms with E-state index in [0.717, 1.165) is 25.7 Å². The Morgan fingerprint density at radius 2 is 1.88 bits per heavy atom. The van der Waals surface area contributed by atoms with Crippen molar-refractivity contribution in [2.24, 2.45) is 16.9 Å². The number of carbonyl (C=O) groups excluding carboxylic acids is 2. The van der Waals surface area contributed by atoms with Gasteiger partial charge in [0.2, 0.25) is 11.8 Å². The highest BCUT2D eigenvalue weighted by Gasteiger charge is 2.39. The fraction of sp³-hybridized carbons (Fsp3) is 0.778. The molecule has 2 aliphatic heterocycles. The maximum Gasteiger partial charge on any atom is 0.304 e. The van der Waals surface area contributed by atoms with Gasteiger partial charge in [-0.25, -0.2) is 5.01 Å².